The van der Waals surface area contributed by atoms with E-state index in [1.54, 1.807) is 18.2 Å². The summed E-state index contributed by atoms with van der Waals surface area (Å²) in [6.07, 6.45) is 1.48. The summed E-state index contributed by atoms with van der Waals surface area (Å²) in [7, 11) is 0. The van der Waals surface area contributed by atoms with Crippen molar-refractivity contribution in [2.75, 3.05) is 67.5 Å². The molecule has 3 aromatic rings. The third kappa shape index (κ3) is 5.02. The third-order valence-corrected chi connectivity index (χ3v) is 6.72. The first-order valence-corrected chi connectivity index (χ1v) is 12.1. The van der Waals surface area contributed by atoms with Crippen LogP contribution in [-0.2, 0) is 0 Å². The Labute approximate surface area is 205 Å². The molecule has 3 heterocycles. The maximum absolute atomic E-state index is 13.1. The molecule has 8 heteroatoms. The van der Waals surface area contributed by atoms with Crippen molar-refractivity contribution in [3.63, 3.8) is 0 Å². The van der Waals surface area contributed by atoms with Gasteiger partial charge in [-0.05, 0) is 48.9 Å². The molecule has 0 spiro atoms. The van der Waals surface area contributed by atoms with E-state index in [4.69, 9.17) is 4.42 Å². The van der Waals surface area contributed by atoms with E-state index in [1.165, 1.54) is 17.5 Å². The Kier molecular flexibility index (Phi) is 6.72. The summed E-state index contributed by atoms with van der Waals surface area (Å²) in [4.78, 5) is 32.5. The zero-order valence-corrected chi connectivity index (χ0v) is 20.0. The first-order chi connectivity index (χ1) is 17.1. The van der Waals surface area contributed by atoms with Gasteiger partial charge in [-0.15, -0.1) is 0 Å². The first kappa shape index (κ1) is 23.0. The van der Waals surface area contributed by atoms with Crippen LogP contribution >= 0.6 is 0 Å². The number of nitrogens with zero attached hydrogens (tertiary/aromatic N) is 3. The van der Waals surface area contributed by atoms with E-state index >= 15 is 0 Å². The molecule has 5 rings (SSSR count). The molecule has 1 aromatic heterocycles. The normalized spacial score (nSPS) is 16.3. The highest BCUT2D eigenvalue weighted by Gasteiger charge is 2.24. The molecule has 2 aliphatic rings. The van der Waals surface area contributed by atoms with Crippen molar-refractivity contribution in [2.45, 2.75) is 6.92 Å². The fourth-order valence-electron chi connectivity index (χ4n) is 4.79. The number of carbonyl (C=O) groups is 2. The molecule has 35 heavy (non-hydrogen) atoms. The van der Waals surface area contributed by atoms with Crippen LogP contribution in [0.2, 0.25) is 0 Å². The van der Waals surface area contributed by atoms with Gasteiger partial charge < -0.3 is 29.8 Å². The van der Waals surface area contributed by atoms with Crippen LogP contribution in [-0.4, -0.2) is 69.1 Å². The van der Waals surface area contributed by atoms with Gasteiger partial charge in [-0.25, -0.2) is 0 Å². The fraction of sp³-hybridized carbons (Fsp3) is 0.333. The van der Waals surface area contributed by atoms with Gasteiger partial charge >= 0.3 is 0 Å². The SMILES string of the molecule is Cc1ccccc1N1CCN(c2ccc(C(=O)N3CCNCC3)cc2NC(=O)c2ccco2)CC1. The largest absolute Gasteiger partial charge is 0.459 e. The fourth-order valence-corrected chi connectivity index (χ4v) is 4.79. The van der Waals surface area contributed by atoms with Crippen LogP contribution in [0, 0.1) is 6.92 Å². The van der Waals surface area contributed by atoms with Gasteiger partial charge in [-0.2, -0.15) is 0 Å². The number of piperazine rings is 2. The number of rotatable bonds is 5. The Bertz CT molecular complexity index is 1180. The van der Waals surface area contributed by atoms with Crippen molar-refractivity contribution in [2.24, 2.45) is 0 Å². The number of carbonyl (C=O) groups excluding carboxylic acids is 2. The number of anilines is 3. The van der Waals surface area contributed by atoms with E-state index in [9.17, 15) is 9.59 Å². The van der Waals surface area contributed by atoms with Crippen LogP contribution < -0.4 is 20.4 Å². The van der Waals surface area contributed by atoms with Gasteiger partial charge in [0.1, 0.15) is 0 Å². The topological polar surface area (TPSA) is 81.1 Å². The second-order valence-electron chi connectivity index (χ2n) is 8.97. The van der Waals surface area contributed by atoms with Crippen LogP contribution in [0.25, 0.3) is 0 Å². The van der Waals surface area contributed by atoms with Crippen LogP contribution in [0.3, 0.4) is 0 Å². The Balaban J connectivity index is 1.38. The molecule has 0 radical (unpaired) electrons. The molecule has 2 saturated heterocycles. The van der Waals surface area contributed by atoms with E-state index < -0.39 is 0 Å². The third-order valence-electron chi connectivity index (χ3n) is 6.72. The number of para-hydroxylation sites is 1. The lowest BCUT2D eigenvalue weighted by atomic mass is 10.1. The number of nitrogens with one attached hydrogen (secondary N) is 2. The summed E-state index contributed by atoms with van der Waals surface area (Å²) in [5.41, 5.74) is 4.63. The predicted molar refractivity (Wildman–Crippen MR) is 137 cm³/mol. The number of hydrogen-bond donors (Lipinski definition) is 2. The smallest absolute Gasteiger partial charge is 0.291 e. The van der Waals surface area contributed by atoms with E-state index in [2.05, 4.69) is 51.6 Å². The monoisotopic (exact) mass is 473 g/mol. The van der Waals surface area contributed by atoms with Crippen molar-refractivity contribution in [1.29, 1.82) is 0 Å². The molecule has 2 amide bonds. The zero-order chi connectivity index (χ0) is 24.2. The molecule has 2 aromatic carbocycles. The highest BCUT2D eigenvalue weighted by atomic mass is 16.3. The van der Waals surface area contributed by atoms with E-state index in [0.717, 1.165) is 45.0 Å². The minimum absolute atomic E-state index is 0.0177. The highest BCUT2D eigenvalue weighted by Crippen LogP contribution is 2.31. The Morgan fingerprint density at radius 1 is 0.857 bits per heavy atom. The summed E-state index contributed by atoms with van der Waals surface area (Å²) >= 11 is 0. The molecular formula is C27H31N5O3. The minimum Gasteiger partial charge on any atom is -0.459 e. The molecule has 2 aliphatic heterocycles. The Morgan fingerprint density at radius 3 is 2.26 bits per heavy atom. The molecule has 0 aliphatic carbocycles. The lowest BCUT2D eigenvalue weighted by molar-refractivity contribution is 0.0735. The molecule has 2 N–H and O–H groups in total. The molecule has 2 fully saturated rings. The number of aryl methyl sites for hydroxylation is 1. The second-order valence-corrected chi connectivity index (χ2v) is 8.97. The molecule has 0 bridgehead atoms. The second kappa shape index (κ2) is 10.2. The van der Waals surface area contributed by atoms with Crippen LogP contribution in [0.5, 0.6) is 0 Å². The average Bonchev–Trinajstić information content (AvgIpc) is 3.45. The molecule has 0 saturated carbocycles. The van der Waals surface area contributed by atoms with E-state index in [1.807, 2.05) is 17.0 Å². The molecule has 8 nitrogen and oxygen atoms in total. The predicted octanol–water partition coefficient (Wildman–Crippen LogP) is 3.21. The van der Waals surface area contributed by atoms with Crippen molar-refractivity contribution >= 4 is 28.9 Å². The summed E-state index contributed by atoms with van der Waals surface area (Å²) in [6.45, 7) is 8.43. The standard InChI is InChI=1S/C27H31N5O3/c1-20-5-2-3-6-23(20)30-14-16-31(17-15-30)24-9-8-21(27(34)32-12-10-28-11-13-32)19-22(24)29-26(33)25-7-4-18-35-25/h2-9,18-19,28H,10-17H2,1H3,(H,29,33). The van der Waals surface area contributed by atoms with E-state index in [0.29, 0.717) is 24.3 Å². The molecular weight excluding hydrogens is 442 g/mol. The van der Waals surface area contributed by atoms with Gasteiger partial charge in [0, 0.05) is 63.6 Å². The molecule has 0 unspecified atom stereocenters. The van der Waals surface area contributed by atoms with Crippen molar-refractivity contribution in [3.05, 3.63) is 77.7 Å². The van der Waals surface area contributed by atoms with Crippen molar-refractivity contribution in [1.82, 2.24) is 10.2 Å². The maximum Gasteiger partial charge on any atom is 0.291 e. The maximum atomic E-state index is 13.1. The Hall–Kier alpha value is -3.78. The zero-order valence-electron chi connectivity index (χ0n) is 20.0. The Morgan fingerprint density at radius 2 is 1.57 bits per heavy atom. The number of furan rings is 1. The van der Waals surface area contributed by atoms with E-state index in [-0.39, 0.29) is 17.6 Å². The average molecular weight is 474 g/mol. The van der Waals surface area contributed by atoms with Gasteiger partial charge in [0.05, 0.1) is 17.6 Å². The van der Waals surface area contributed by atoms with Gasteiger partial charge in [0.2, 0.25) is 0 Å². The highest BCUT2D eigenvalue weighted by molar-refractivity contribution is 6.05. The van der Waals surface area contributed by atoms with Gasteiger partial charge in [0.25, 0.3) is 11.8 Å². The quantitative estimate of drug-likeness (QED) is 0.592. The summed E-state index contributed by atoms with van der Waals surface area (Å²) in [5, 5.41) is 6.26. The molecule has 182 valence electrons. The van der Waals surface area contributed by atoms with Crippen molar-refractivity contribution in [3.8, 4) is 0 Å². The summed E-state index contributed by atoms with van der Waals surface area (Å²) in [6, 6.07) is 17.4. The van der Waals surface area contributed by atoms with Gasteiger partial charge in [-0.3, -0.25) is 9.59 Å². The lowest BCUT2D eigenvalue weighted by Gasteiger charge is -2.38. The van der Waals surface area contributed by atoms with Crippen LogP contribution in [0.4, 0.5) is 17.1 Å². The first-order valence-electron chi connectivity index (χ1n) is 12.1. The number of benzene rings is 2. The number of amides is 2. The lowest BCUT2D eigenvalue weighted by Crippen LogP contribution is -2.47. The summed E-state index contributed by atoms with van der Waals surface area (Å²) < 4.78 is 5.29. The molecule has 0 atom stereocenters. The minimum atomic E-state index is -0.332. The van der Waals surface area contributed by atoms with Gasteiger partial charge in [-0.1, -0.05) is 18.2 Å². The van der Waals surface area contributed by atoms with Gasteiger partial charge in [0.15, 0.2) is 5.76 Å². The van der Waals surface area contributed by atoms with Crippen LogP contribution in [0.1, 0.15) is 26.5 Å². The summed E-state index contributed by atoms with van der Waals surface area (Å²) in [5.74, 6) is -0.114. The van der Waals surface area contributed by atoms with Crippen molar-refractivity contribution < 1.29 is 14.0 Å². The number of hydrogen-bond acceptors (Lipinski definition) is 6. The van der Waals surface area contributed by atoms with Crippen LogP contribution in [0.15, 0.2) is 65.3 Å².